The Labute approximate surface area is 154 Å². The zero-order chi connectivity index (χ0) is 18.6. The second kappa shape index (κ2) is 8.09. The maximum atomic E-state index is 12.9. The molecule has 6 heteroatoms. The molecule has 0 aliphatic carbocycles. The normalized spacial score (nSPS) is 18.0. The SMILES string of the molecule is CN(Cc1cccc(Cl)c1)C(=O)[C@H]1CCCCN1C(=O)OC(C)(C)C. The van der Waals surface area contributed by atoms with Crippen LogP contribution in [0.5, 0.6) is 0 Å². The fourth-order valence-corrected chi connectivity index (χ4v) is 3.18. The molecule has 1 saturated heterocycles. The highest BCUT2D eigenvalue weighted by atomic mass is 35.5. The van der Waals surface area contributed by atoms with Gasteiger partial charge in [-0.15, -0.1) is 0 Å². The number of halogens is 1. The summed E-state index contributed by atoms with van der Waals surface area (Å²) in [6.45, 7) is 6.50. The number of carbonyl (C=O) groups excluding carboxylic acids is 2. The van der Waals surface area contributed by atoms with Crippen molar-refractivity contribution in [1.29, 1.82) is 0 Å². The molecular formula is C19H27ClN2O3. The summed E-state index contributed by atoms with van der Waals surface area (Å²) in [4.78, 5) is 28.6. The molecule has 1 aliphatic rings. The Kier molecular flexibility index (Phi) is 6.33. The topological polar surface area (TPSA) is 49.9 Å². The number of nitrogens with zero attached hydrogens (tertiary/aromatic N) is 2. The average Bonchev–Trinajstić information content (AvgIpc) is 2.52. The molecule has 0 N–H and O–H groups in total. The van der Waals surface area contributed by atoms with Crippen molar-refractivity contribution >= 4 is 23.6 Å². The second-order valence-electron chi connectivity index (χ2n) is 7.51. The highest BCUT2D eigenvalue weighted by Gasteiger charge is 2.36. The minimum absolute atomic E-state index is 0.0643. The summed E-state index contributed by atoms with van der Waals surface area (Å²) in [5.74, 6) is -0.0643. The van der Waals surface area contributed by atoms with Crippen LogP contribution in [0.2, 0.25) is 5.02 Å². The molecule has 0 saturated carbocycles. The summed E-state index contributed by atoms with van der Waals surface area (Å²) in [5.41, 5.74) is 0.387. The van der Waals surface area contributed by atoms with Gasteiger partial charge < -0.3 is 9.64 Å². The van der Waals surface area contributed by atoms with Crippen molar-refractivity contribution in [3.8, 4) is 0 Å². The summed E-state index contributed by atoms with van der Waals surface area (Å²) in [5, 5.41) is 0.645. The fraction of sp³-hybridized carbons (Fsp3) is 0.579. The van der Waals surface area contributed by atoms with Gasteiger partial charge in [-0.25, -0.2) is 4.79 Å². The summed E-state index contributed by atoms with van der Waals surface area (Å²) in [7, 11) is 1.76. The Bertz CT molecular complexity index is 627. The number of hydrogen-bond acceptors (Lipinski definition) is 3. The van der Waals surface area contributed by atoms with Crippen LogP contribution in [-0.4, -0.2) is 47.0 Å². The first kappa shape index (κ1) is 19.6. The maximum absolute atomic E-state index is 12.9. The number of likely N-dealkylation sites (tertiary alicyclic amines) is 1. The Morgan fingerprint density at radius 1 is 1.32 bits per heavy atom. The van der Waals surface area contributed by atoms with Crippen molar-refractivity contribution in [3.05, 3.63) is 34.9 Å². The van der Waals surface area contributed by atoms with Crippen molar-refractivity contribution in [3.63, 3.8) is 0 Å². The predicted octanol–water partition coefficient (Wildman–Crippen LogP) is 4.09. The quantitative estimate of drug-likeness (QED) is 0.809. The van der Waals surface area contributed by atoms with E-state index in [4.69, 9.17) is 16.3 Å². The standard InChI is InChI=1S/C19H27ClN2O3/c1-19(2,3)25-18(24)22-11-6-5-10-16(22)17(23)21(4)13-14-8-7-9-15(20)12-14/h7-9,12,16H,5-6,10-11,13H2,1-4H3/t16-/m1/s1. The van der Waals surface area contributed by atoms with E-state index in [0.29, 0.717) is 24.5 Å². The van der Waals surface area contributed by atoms with Gasteiger partial charge in [0.1, 0.15) is 11.6 Å². The molecule has 0 unspecified atom stereocenters. The number of likely N-dealkylation sites (N-methyl/N-ethyl adjacent to an activating group) is 1. The zero-order valence-electron chi connectivity index (χ0n) is 15.4. The number of carbonyl (C=O) groups is 2. The first-order valence-electron chi connectivity index (χ1n) is 8.66. The number of ether oxygens (including phenoxy) is 1. The minimum atomic E-state index is -0.575. The van der Waals surface area contributed by atoms with Crippen LogP contribution in [0.4, 0.5) is 4.79 Å². The number of amides is 2. The van der Waals surface area contributed by atoms with Gasteiger partial charge in [-0.1, -0.05) is 23.7 Å². The molecule has 138 valence electrons. The number of rotatable bonds is 3. The lowest BCUT2D eigenvalue weighted by atomic mass is 10.0. The fourth-order valence-electron chi connectivity index (χ4n) is 2.97. The molecule has 1 heterocycles. The van der Waals surface area contributed by atoms with Crippen LogP contribution in [0.1, 0.15) is 45.6 Å². The maximum Gasteiger partial charge on any atom is 0.410 e. The van der Waals surface area contributed by atoms with Gasteiger partial charge >= 0.3 is 6.09 Å². The molecule has 1 aromatic rings. The summed E-state index contributed by atoms with van der Waals surface area (Å²) in [6.07, 6.45) is 2.07. The van der Waals surface area contributed by atoms with Crippen molar-refractivity contribution in [1.82, 2.24) is 9.80 Å². The third-order valence-corrected chi connectivity index (χ3v) is 4.34. The van der Waals surface area contributed by atoms with E-state index < -0.39 is 17.7 Å². The molecular weight excluding hydrogens is 340 g/mol. The van der Waals surface area contributed by atoms with E-state index in [1.807, 2.05) is 39.0 Å². The van der Waals surface area contributed by atoms with E-state index in [0.717, 1.165) is 18.4 Å². The van der Waals surface area contributed by atoms with Gasteiger partial charge in [0.05, 0.1) is 0 Å². The van der Waals surface area contributed by atoms with E-state index in [2.05, 4.69) is 0 Å². The lowest BCUT2D eigenvalue weighted by Gasteiger charge is -2.37. The molecule has 0 spiro atoms. The van der Waals surface area contributed by atoms with E-state index in [-0.39, 0.29) is 5.91 Å². The summed E-state index contributed by atoms with van der Waals surface area (Å²) < 4.78 is 5.47. The summed E-state index contributed by atoms with van der Waals surface area (Å²) >= 11 is 6.01. The molecule has 0 aromatic heterocycles. The van der Waals surface area contributed by atoms with Crippen molar-refractivity contribution in [2.75, 3.05) is 13.6 Å². The van der Waals surface area contributed by atoms with Crippen LogP contribution >= 0.6 is 11.6 Å². The van der Waals surface area contributed by atoms with Gasteiger partial charge in [-0.2, -0.15) is 0 Å². The van der Waals surface area contributed by atoms with Gasteiger partial charge in [0.2, 0.25) is 5.91 Å². The zero-order valence-corrected chi connectivity index (χ0v) is 16.2. The van der Waals surface area contributed by atoms with Gasteiger partial charge in [0.25, 0.3) is 0 Å². The third-order valence-electron chi connectivity index (χ3n) is 4.10. The Balaban J connectivity index is 2.07. The molecule has 2 rings (SSSR count). The molecule has 1 aliphatic heterocycles. The Morgan fingerprint density at radius 2 is 2.04 bits per heavy atom. The number of benzene rings is 1. The van der Waals surface area contributed by atoms with Crippen LogP contribution in [0.25, 0.3) is 0 Å². The first-order valence-corrected chi connectivity index (χ1v) is 9.04. The van der Waals surface area contributed by atoms with E-state index in [1.54, 1.807) is 22.9 Å². The van der Waals surface area contributed by atoms with Crippen LogP contribution in [0.15, 0.2) is 24.3 Å². The highest BCUT2D eigenvalue weighted by Crippen LogP contribution is 2.22. The molecule has 0 radical (unpaired) electrons. The first-order chi connectivity index (χ1) is 11.7. The summed E-state index contributed by atoms with van der Waals surface area (Å²) in [6, 6.07) is 6.98. The highest BCUT2D eigenvalue weighted by molar-refractivity contribution is 6.30. The van der Waals surface area contributed by atoms with Crippen LogP contribution in [0.3, 0.4) is 0 Å². The van der Waals surface area contributed by atoms with Gasteiger partial charge in [-0.05, 0) is 57.7 Å². The predicted molar refractivity (Wildman–Crippen MR) is 98.5 cm³/mol. The largest absolute Gasteiger partial charge is 0.444 e. The molecule has 5 nitrogen and oxygen atoms in total. The third kappa shape index (κ3) is 5.63. The van der Waals surface area contributed by atoms with Crippen molar-refractivity contribution < 1.29 is 14.3 Å². The number of hydrogen-bond donors (Lipinski definition) is 0. The Morgan fingerprint density at radius 3 is 2.68 bits per heavy atom. The van der Waals surface area contributed by atoms with Gasteiger partial charge in [0, 0.05) is 25.2 Å². The lowest BCUT2D eigenvalue weighted by molar-refractivity contribution is -0.137. The van der Waals surface area contributed by atoms with Gasteiger partial charge in [0.15, 0.2) is 0 Å². The van der Waals surface area contributed by atoms with Crippen molar-refractivity contribution in [2.45, 2.75) is 58.2 Å². The molecule has 2 amide bonds. The molecule has 1 aromatic carbocycles. The van der Waals surface area contributed by atoms with Crippen molar-refractivity contribution in [2.24, 2.45) is 0 Å². The van der Waals surface area contributed by atoms with E-state index in [9.17, 15) is 9.59 Å². The van der Waals surface area contributed by atoms with Crippen LogP contribution in [0, 0.1) is 0 Å². The average molecular weight is 367 g/mol. The second-order valence-corrected chi connectivity index (χ2v) is 7.95. The monoisotopic (exact) mass is 366 g/mol. The number of piperidine rings is 1. The van der Waals surface area contributed by atoms with Crippen LogP contribution < -0.4 is 0 Å². The Hall–Kier alpha value is -1.75. The lowest BCUT2D eigenvalue weighted by Crippen LogP contribution is -2.53. The molecule has 25 heavy (non-hydrogen) atoms. The molecule has 1 atom stereocenters. The molecule has 0 bridgehead atoms. The van der Waals surface area contributed by atoms with E-state index in [1.165, 1.54) is 0 Å². The smallest absolute Gasteiger partial charge is 0.410 e. The van der Waals surface area contributed by atoms with Gasteiger partial charge in [-0.3, -0.25) is 9.69 Å². The molecule has 1 fully saturated rings. The minimum Gasteiger partial charge on any atom is -0.444 e. The van der Waals surface area contributed by atoms with E-state index >= 15 is 0 Å². The van der Waals surface area contributed by atoms with Crippen LogP contribution in [-0.2, 0) is 16.1 Å².